The van der Waals surface area contributed by atoms with E-state index < -0.39 is 0 Å². The molecular weight excluding hydrogens is 294 g/mol. The molecule has 7 nitrogen and oxygen atoms in total. The van der Waals surface area contributed by atoms with Gasteiger partial charge in [0.15, 0.2) is 0 Å². The van der Waals surface area contributed by atoms with Gasteiger partial charge in [-0.3, -0.25) is 4.79 Å². The van der Waals surface area contributed by atoms with Crippen molar-refractivity contribution < 1.29 is 9.90 Å². The molecular formula is C16H21N5O2. The second-order valence-corrected chi connectivity index (χ2v) is 6.07. The maximum atomic E-state index is 12.8. The van der Waals surface area contributed by atoms with Crippen LogP contribution in [0.3, 0.4) is 0 Å². The zero-order valence-corrected chi connectivity index (χ0v) is 13.2. The van der Waals surface area contributed by atoms with Crippen LogP contribution in [0.4, 0.5) is 0 Å². The summed E-state index contributed by atoms with van der Waals surface area (Å²) in [4.78, 5) is 14.5. The number of aliphatic hydroxyl groups excluding tert-OH is 1. The molecule has 1 saturated carbocycles. The van der Waals surface area contributed by atoms with Gasteiger partial charge in [0.25, 0.3) is 5.91 Å². The zero-order valence-electron chi connectivity index (χ0n) is 13.2. The second-order valence-electron chi connectivity index (χ2n) is 6.07. The SMILES string of the molecule is CN(CC1CCCCC1O)C(=O)c1ccccc1-n1cnnn1. The topological polar surface area (TPSA) is 84.1 Å². The van der Waals surface area contributed by atoms with Gasteiger partial charge >= 0.3 is 0 Å². The quantitative estimate of drug-likeness (QED) is 0.919. The molecule has 122 valence electrons. The fourth-order valence-electron chi connectivity index (χ4n) is 3.17. The van der Waals surface area contributed by atoms with Gasteiger partial charge in [0, 0.05) is 19.5 Å². The van der Waals surface area contributed by atoms with Crippen molar-refractivity contribution >= 4 is 5.91 Å². The van der Waals surface area contributed by atoms with Crippen LogP contribution in [0.25, 0.3) is 5.69 Å². The number of aliphatic hydroxyl groups is 1. The molecule has 3 rings (SSSR count). The molecule has 23 heavy (non-hydrogen) atoms. The summed E-state index contributed by atoms with van der Waals surface area (Å²) in [6.07, 6.45) is 5.13. The van der Waals surface area contributed by atoms with E-state index >= 15 is 0 Å². The molecule has 2 atom stereocenters. The zero-order chi connectivity index (χ0) is 16.2. The third-order valence-corrected chi connectivity index (χ3v) is 4.45. The highest BCUT2D eigenvalue weighted by molar-refractivity contribution is 5.97. The predicted molar refractivity (Wildman–Crippen MR) is 84.1 cm³/mol. The van der Waals surface area contributed by atoms with Crippen molar-refractivity contribution in [2.45, 2.75) is 31.8 Å². The molecule has 0 spiro atoms. The third-order valence-electron chi connectivity index (χ3n) is 4.45. The highest BCUT2D eigenvalue weighted by Gasteiger charge is 2.26. The Morgan fingerprint density at radius 1 is 1.35 bits per heavy atom. The van der Waals surface area contributed by atoms with Crippen LogP contribution < -0.4 is 0 Å². The first kappa shape index (κ1) is 15.6. The number of amides is 1. The largest absolute Gasteiger partial charge is 0.393 e. The number of carbonyl (C=O) groups is 1. The molecule has 0 radical (unpaired) electrons. The number of benzene rings is 1. The number of carbonyl (C=O) groups excluding carboxylic acids is 1. The molecule has 1 heterocycles. The lowest BCUT2D eigenvalue weighted by atomic mass is 9.86. The van der Waals surface area contributed by atoms with Crippen molar-refractivity contribution in [1.82, 2.24) is 25.1 Å². The Labute approximate surface area is 134 Å². The normalized spacial score (nSPS) is 21.1. The summed E-state index contributed by atoms with van der Waals surface area (Å²) in [6, 6.07) is 7.25. The first-order valence-corrected chi connectivity index (χ1v) is 7.92. The van der Waals surface area contributed by atoms with Crippen LogP contribution in [0, 0.1) is 5.92 Å². The maximum Gasteiger partial charge on any atom is 0.255 e. The molecule has 0 bridgehead atoms. The number of hydrogen-bond acceptors (Lipinski definition) is 5. The number of tetrazole rings is 1. The van der Waals surface area contributed by atoms with Crippen LogP contribution >= 0.6 is 0 Å². The molecule has 1 fully saturated rings. The predicted octanol–water partition coefficient (Wildman–Crippen LogP) is 1.29. The number of rotatable bonds is 4. The number of nitrogens with zero attached hydrogens (tertiary/aromatic N) is 5. The first-order chi connectivity index (χ1) is 11.2. The Morgan fingerprint density at radius 3 is 2.87 bits per heavy atom. The van der Waals surface area contributed by atoms with Gasteiger partial charge in [-0.1, -0.05) is 25.0 Å². The van der Waals surface area contributed by atoms with E-state index in [0.29, 0.717) is 17.8 Å². The summed E-state index contributed by atoms with van der Waals surface area (Å²) in [5, 5.41) is 21.2. The molecule has 1 N–H and O–H groups in total. The van der Waals surface area contributed by atoms with Gasteiger partial charge in [-0.2, -0.15) is 4.68 Å². The van der Waals surface area contributed by atoms with E-state index in [1.807, 2.05) is 18.2 Å². The molecule has 7 heteroatoms. The van der Waals surface area contributed by atoms with Crippen LogP contribution in [0.5, 0.6) is 0 Å². The molecule has 0 aliphatic heterocycles. The summed E-state index contributed by atoms with van der Waals surface area (Å²) >= 11 is 0. The van der Waals surface area contributed by atoms with Crippen LogP contribution in [0.1, 0.15) is 36.0 Å². The fourth-order valence-corrected chi connectivity index (χ4v) is 3.17. The minimum absolute atomic E-state index is 0.0890. The van der Waals surface area contributed by atoms with Gasteiger partial charge in [-0.15, -0.1) is 5.10 Å². The highest BCUT2D eigenvalue weighted by atomic mass is 16.3. The van der Waals surface area contributed by atoms with Crippen molar-refractivity contribution in [3.05, 3.63) is 36.2 Å². The Kier molecular flexibility index (Phi) is 4.66. The number of aromatic nitrogens is 4. The van der Waals surface area contributed by atoms with Gasteiger partial charge in [0.05, 0.1) is 17.4 Å². The van der Waals surface area contributed by atoms with Crippen LogP contribution in [-0.4, -0.2) is 55.8 Å². The fraction of sp³-hybridized carbons (Fsp3) is 0.500. The van der Waals surface area contributed by atoms with E-state index in [9.17, 15) is 9.90 Å². The summed E-state index contributed by atoms with van der Waals surface area (Å²) in [6.45, 7) is 0.559. The van der Waals surface area contributed by atoms with Gasteiger partial charge < -0.3 is 10.0 Å². The average molecular weight is 315 g/mol. The molecule has 1 aliphatic carbocycles. The Hall–Kier alpha value is -2.28. The summed E-state index contributed by atoms with van der Waals surface area (Å²) < 4.78 is 1.48. The first-order valence-electron chi connectivity index (χ1n) is 7.92. The molecule has 2 aromatic rings. The van der Waals surface area contributed by atoms with Crippen molar-refractivity contribution in [2.75, 3.05) is 13.6 Å². The lowest BCUT2D eigenvalue weighted by Gasteiger charge is -2.31. The van der Waals surface area contributed by atoms with E-state index in [2.05, 4.69) is 15.5 Å². The van der Waals surface area contributed by atoms with E-state index in [1.165, 1.54) is 11.0 Å². The minimum Gasteiger partial charge on any atom is -0.393 e. The smallest absolute Gasteiger partial charge is 0.255 e. The van der Waals surface area contributed by atoms with Crippen molar-refractivity contribution in [3.8, 4) is 5.69 Å². The molecule has 1 aliphatic rings. The van der Waals surface area contributed by atoms with Crippen LogP contribution in [-0.2, 0) is 0 Å². The summed E-state index contributed by atoms with van der Waals surface area (Å²) in [7, 11) is 1.78. The monoisotopic (exact) mass is 315 g/mol. The average Bonchev–Trinajstić information content (AvgIpc) is 3.10. The molecule has 1 amide bonds. The van der Waals surface area contributed by atoms with Crippen LogP contribution in [0.2, 0.25) is 0 Å². The van der Waals surface area contributed by atoms with Gasteiger partial charge in [0.1, 0.15) is 6.33 Å². The van der Waals surface area contributed by atoms with Crippen LogP contribution in [0.15, 0.2) is 30.6 Å². The summed E-state index contributed by atoms with van der Waals surface area (Å²) in [5.41, 5.74) is 1.20. The van der Waals surface area contributed by atoms with E-state index in [1.54, 1.807) is 18.0 Å². The Morgan fingerprint density at radius 2 is 2.13 bits per heavy atom. The molecule has 0 saturated heterocycles. The van der Waals surface area contributed by atoms with E-state index in [0.717, 1.165) is 25.7 Å². The third kappa shape index (κ3) is 3.39. The Balaban J connectivity index is 1.77. The van der Waals surface area contributed by atoms with E-state index in [4.69, 9.17) is 0 Å². The second kappa shape index (κ2) is 6.87. The molecule has 1 aromatic carbocycles. The van der Waals surface area contributed by atoms with Crippen molar-refractivity contribution in [1.29, 1.82) is 0 Å². The van der Waals surface area contributed by atoms with Gasteiger partial charge in [-0.25, -0.2) is 0 Å². The highest BCUT2D eigenvalue weighted by Crippen LogP contribution is 2.25. The summed E-state index contributed by atoms with van der Waals surface area (Å²) in [5.74, 6) is 0.0618. The van der Waals surface area contributed by atoms with Crippen molar-refractivity contribution in [3.63, 3.8) is 0 Å². The number of hydrogen-bond donors (Lipinski definition) is 1. The maximum absolute atomic E-state index is 12.8. The number of para-hydroxylation sites is 1. The lowest BCUT2D eigenvalue weighted by molar-refractivity contribution is 0.0451. The minimum atomic E-state index is -0.311. The molecule has 2 unspecified atom stereocenters. The standard InChI is InChI=1S/C16H21N5O2/c1-20(10-12-6-2-5-9-15(12)22)16(23)13-7-3-4-8-14(13)21-11-17-18-19-21/h3-4,7-8,11-12,15,22H,2,5-6,9-10H2,1H3. The van der Waals surface area contributed by atoms with E-state index in [-0.39, 0.29) is 17.9 Å². The molecule has 1 aromatic heterocycles. The van der Waals surface area contributed by atoms with Crippen molar-refractivity contribution in [2.24, 2.45) is 5.92 Å². The Bertz CT molecular complexity index is 658. The van der Waals surface area contributed by atoms with Gasteiger partial charge in [0.2, 0.25) is 0 Å². The lowest BCUT2D eigenvalue weighted by Crippen LogP contribution is -2.38. The van der Waals surface area contributed by atoms with Gasteiger partial charge in [-0.05, 0) is 35.4 Å².